The molecule has 0 aromatic rings. The molecule has 110 valence electrons. The number of hydrogen-bond acceptors (Lipinski definition) is 2. The molecule has 0 saturated heterocycles. The lowest BCUT2D eigenvalue weighted by atomic mass is 9.70. The van der Waals surface area contributed by atoms with Crippen molar-refractivity contribution in [3.8, 4) is 0 Å². The predicted octanol–water partition coefficient (Wildman–Crippen LogP) is 1.81. The summed E-state index contributed by atoms with van der Waals surface area (Å²) in [6, 6.07) is 0. The van der Waals surface area contributed by atoms with Crippen LogP contribution in [0.2, 0.25) is 5.82 Å². The Hall–Kier alpha value is 0.585. The van der Waals surface area contributed by atoms with E-state index in [1.54, 1.807) is 0 Å². The Kier molecular flexibility index (Phi) is 4.55. The van der Waals surface area contributed by atoms with Gasteiger partial charge in [0.2, 0.25) is 0 Å². The molecule has 2 saturated carbocycles. The maximum atomic E-state index is 10.6. The summed E-state index contributed by atoms with van der Waals surface area (Å²) in [5.41, 5.74) is -0.599. The molecular weight excluding hydrogens is 273 g/mol. The monoisotopic (exact) mass is 302 g/mol. The molecular formula is C14H29BO2P2. The van der Waals surface area contributed by atoms with E-state index in [0.29, 0.717) is 11.7 Å². The molecule has 0 aliphatic heterocycles. The fourth-order valence-electron chi connectivity index (χ4n) is 3.74. The molecule has 7 atom stereocenters. The molecule has 0 aromatic heterocycles. The maximum Gasteiger partial charge on any atom is 0.109 e. The zero-order valence-corrected chi connectivity index (χ0v) is 14.8. The number of ether oxygens (including phenoxy) is 1. The summed E-state index contributed by atoms with van der Waals surface area (Å²) in [4.78, 5) is 0. The summed E-state index contributed by atoms with van der Waals surface area (Å²) in [6.07, 6.45) is 11.8. The third-order valence-corrected chi connectivity index (χ3v) is 11.2. The summed E-state index contributed by atoms with van der Waals surface area (Å²) in [5.74, 6) is 2.38. The van der Waals surface area contributed by atoms with Gasteiger partial charge in [0.05, 0.1) is 17.6 Å². The number of fused-ring (bicyclic) bond motifs is 1. The molecule has 0 radical (unpaired) electrons. The van der Waals surface area contributed by atoms with Crippen LogP contribution in [0.4, 0.5) is 0 Å². The van der Waals surface area contributed by atoms with Gasteiger partial charge in [0.25, 0.3) is 0 Å². The van der Waals surface area contributed by atoms with E-state index in [4.69, 9.17) is 4.74 Å². The second-order valence-electron chi connectivity index (χ2n) is 6.82. The summed E-state index contributed by atoms with van der Waals surface area (Å²) < 4.78 is 6.30. The zero-order chi connectivity index (χ0) is 14.4. The molecule has 0 bridgehead atoms. The highest BCUT2D eigenvalue weighted by Crippen LogP contribution is 2.69. The number of rotatable bonds is 6. The molecule has 19 heavy (non-hydrogen) atoms. The predicted molar refractivity (Wildman–Crippen MR) is 95.2 cm³/mol. The molecule has 2 aliphatic rings. The molecule has 2 aliphatic carbocycles. The quantitative estimate of drug-likeness (QED) is 0.599. The molecule has 2 nitrogen and oxygen atoms in total. The van der Waals surface area contributed by atoms with Crippen LogP contribution in [0.1, 0.15) is 27.2 Å². The smallest absolute Gasteiger partial charge is 0.109 e. The number of hydrogen-bond donors (Lipinski definition) is 1. The molecule has 2 rings (SSSR count). The van der Waals surface area contributed by atoms with Crippen LogP contribution < -0.4 is 0 Å². The van der Waals surface area contributed by atoms with Gasteiger partial charge in [0.1, 0.15) is 7.85 Å². The Labute approximate surface area is 120 Å². The lowest BCUT2D eigenvalue weighted by Gasteiger charge is -2.33. The molecule has 0 aromatic carbocycles. The first kappa shape index (κ1) is 16.0. The highest BCUT2D eigenvalue weighted by molar-refractivity contribution is 7.72. The highest BCUT2D eigenvalue weighted by atomic mass is 31.2. The van der Waals surface area contributed by atoms with E-state index >= 15 is 0 Å². The van der Waals surface area contributed by atoms with Gasteiger partial charge < -0.3 is 9.84 Å². The third-order valence-electron chi connectivity index (χ3n) is 5.69. The van der Waals surface area contributed by atoms with Crippen molar-refractivity contribution in [3.05, 3.63) is 0 Å². The van der Waals surface area contributed by atoms with Crippen molar-refractivity contribution in [2.45, 2.75) is 44.2 Å². The summed E-state index contributed by atoms with van der Waals surface area (Å²) in [7, 11) is 1.10. The van der Waals surface area contributed by atoms with Crippen LogP contribution in [0.25, 0.3) is 0 Å². The van der Waals surface area contributed by atoms with Crippen LogP contribution in [0.5, 0.6) is 0 Å². The van der Waals surface area contributed by atoms with Crippen molar-refractivity contribution in [3.63, 3.8) is 0 Å². The second-order valence-corrected chi connectivity index (χ2v) is 12.2. The Morgan fingerprint density at radius 2 is 2.05 bits per heavy atom. The van der Waals surface area contributed by atoms with E-state index in [-0.39, 0.29) is 11.5 Å². The van der Waals surface area contributed by atoms with Crippen molar-refractivity contribution >= 4 is 35.5 Å². The average Bonchev–Trinajstić information content (AvgIpc) is 3.06. The molecule has 0 heterocycles. The van der Waals surface area contributed by atoms with Crippen molar-refractivity contribution in [2.24, 2.45) is 11.8 Å². The lowest BCUT2D eigenvalue weighted by molar-refractivity contribution is -0.0518. The Morgan fingerprint density at radius 3 is 2.53 bits per heavy atom. The first-order chi connectivity index (χ1) is 8.75. The lowest BCUT2D eigenvalue weighted by Crippen LogP contribution is -2.39. The third kappa shape index (κ3) is 2.69. The Morgan fingerprint density at radius 1 is 1.42 bits per heavy atom. The topological polar surface area (TPSA) is 29.5 Å². The molecule has 1 N–H and O–H groups in total. The van der Waals surface area contributed by atoms with Crippen molar-refractivity contribution in [2.75, 3.05) is 18.4 Å². The SMILES string of the molecule is B[C@@H]1[C@H]2C[C@@]2(OC[PH](=C)C[PH](=C)CC)[C@@H](C)[C@@]1(C)O. The van der Waals surface area contributed by atoms with Crippen LogP contribution in [0.3, 0.4) is 0 Å². The van der Waals surface area contributed by atoms with Crippen molar-refractivity contribution in [1.29, 1.82) is 0 Å². The van der Waals surface area contributed by atoms with Crippen LogP contribution in [0, 0.1) is 11.8 Å². The zero-order valence-electron chi connectivity index (χ0n) is 12.8. The van der Waals surface area contributed by atoms with Gasteiger partial charge in [0.15, 0.2) is 0 Å². The van der Waals surface area contributed by atoms with Gasteiger partial charge in [0, 0.05) is 5.92 Å². The molecule has 0 spiro atoms. The van der Waals surface area contributed by atoms with Gasteiger partial charge in [-0.25, -0.2) is 0 Å². The summed E-state index contributed by atoms with van der Waals surface area (Å²) in [5, 5.41) is 10.6. The van der Waals surface area contributed by atoms with Gasteiger partial charge in [-0.2, -0.15) is 0 Å². The van der Waals surface area contributed by atoms with Gasteiger partial charge in [-0.15, -0.1) is 20.1 Å². The van der Waals surface area contributed by atoms with Crippen LogP contribution in [-0.2, 0) is 4.74 Å². The van der Waals surface area contributed by atoms with E-state index in [0.717, 1.165) is 12.8 Å². The van der Waals surface area contributed by atoms with E-state index in [2.05, 4.69) is 34.3 Å². The van der Waals surface area contributed by atoms with Crippen LogP contribution in [-0.4, -0.2) is 55.2 Å². The summed E-state index contributed by atoms with van der Waals surface area (Å²) in [6.45, 7) is 6.36. The maximum absolute atomic E-state index is 10.6. The largest absolute Gasteiger partial charge is 0.390 e. The summed E-state index contributed by atoms with van der Waals surface area (Å²) >= 11 is 0. The Balaban J connectivity index is 1.92. The Bertz CT molecular complexity index is 410. The fourth-order valence-corrected chi connectivity index (χ4v) is 8.45. The van der Waals surface area contributed by atoms with Gasteiger partial charge in [-0.1, -0.05) is 21.4 Å². The van der Waals surface area contributed by atoms with Crippen LogP contribution in [0.15, 0.2) is 0 Å². The van der Waals surface area contributed by atoms with E-state index < -0.39 is 20.7 Å². The second kappa shape index (κ2) is 5.41. The van der Waals surface area contributed by atoms with Gasteiger partial charge in [-0.05, 0) is 37.1 Å². The molecule has 0 amide bonds. The van der Waals surface area contributed by atoms with Crippen molar-refractivity contribution < 1.29 is 9.84 Å². The molecule has 5 heteroatoms. The number of aliphatic hydroxyl groups is 1. The van der Waals surface area contributed by atoms with E-state index in [9.17, 15) is 5.11 Å². The fraction of sp³-hybridized carbons (Fsp3) is 0.857. The molecule has 2 fully saturated rings. The minimum atomic E-state index is -0.647. The average molecular weight is 302 g/mol. The first-order valence-corrected chi connectivity index (χ1v) is 11.7. The molecule has 2 unspecified atom stereocenters. The van der Waals surface area contributed by atoms with Crippen molar-refractivity contribution in [1.82, 2.24) is 0 Å². The first-order valence-electron chi connectivity index (χ1n) is 7.45. The highest BCUT2D eigenvalue weighted by Gasteiger charge is 2.72. The minimum Gasteiger partial charge on any atom is -0.390 e. The van der Waals surface area contributed by atoms with Gasteiger partial charge in [-0.3, -0.25) is 0 Å². The van der Waals surface area contributed by atoms with E-state index in [1.165, 1.54) is 12.1 Å². The van der Waals surface area contributed by atoms with E-state index in [1.807, 2.05) is 6.92 Å². The standard InChI is InChI=1S/C14H29BO2P2/c1-6-18(4)9-19(5)8-17-14-7-11(14)12(15)13(3,16)10(14)2/h10-12,16,18-19H,4-9,15H2,1-3H3/t10-,11+,12+,13+,14+/m0/s1. The van der Waals surface area contributed by atoms with Crippen LogP contribution >= 0.6 is 15.1 Å². The normalized spacial score (nSPS) is 47.7. The van der Waals surface area contributed by atoms with Gasteiger partial charge >= 0.3 is 0 Å². The minimum absolute atomic E-state index is 0.0309.